The molecule has 0 aromatic heterocycles. The van der Waals surface area contributed by atoms with Gasteiger partial charge in [-0.05, 0) is 0 Å². The molecule has 0 rings (SSSR count). The van der Waals surface area contributed by atoms with Crippen LogP contribution < -0.4 is 26.8 Å². The van der Waals surface area contributed by atoms with Crippen molar-refractivity contribution in [2.75, 3.05) is 73.4 Å². The van der Waals surface area contributed by atoms with Crippen molar-refractivity contribution >= 4 is 60.5 Å². The van der Waals surface area contributed by atoms with Gasteiger partial charge in [-0.3, -0.25) is 24.0 Å². The highest BCUT2D eigenvalue weighted by Gasteiger charge is 2.21. The minimum Gasteiger partial charge on any atom is -0.544 e. The quantitative estimate of drug-likeness (QED) is 0.0613. The van der Waals surface area contributed by atoms with E-state index in [0.29, 0.717) is 18.7 Å². The fourth-order valence-corrected chi connectivity index (χ4v) is 3.91. The van der Waals surface area contributed by atoms with Gasteiger partial charge in [0, 0.05) is 57.0 Å². The van der Waals surface area contributed by atoms with Crippen LogP contribution in [0.4, 0.5) is 0 Å². The van der Waals surface area contributed by atoms with E-state index in [1.807, 2.05) is 21.1 Å². The minimum atomic E-state index is -1.32. The summed E-state index contributed by atoms with van der Waals surface area (Å²) in [6, 6.07) is -2.23. The highest BCUT2D eigenvalue weighted by Crippen LogP contribution is 2.03. The van der Waals surface area contributed by atoms with Gasteiger partial charge in [-0.15, -0.1) is 0 Å². The maximum absolute atomic E-state index is 12.1. The summed E-state index contributed by atoms with van der Waals surface area (Å²) in [6.45, 7) is 3.66. The number of carboxylic acids is 1. The van der Waals surface area contributed by atoms with Crippen LogP contribution in [0.2, 0.25) is 0 Å². The third-order valence-electron chi connectivity index (χ3n) is 5.86. The number of carbonyl (C=O) groups excluding carboxylic acids is 6. The molecule has 3 amide bonds. The number of aliphatic carboxylic acids is 1. The van der Waals surface area contributed by atoms with E-state index in [0.717, 1.165) is 28.5 Å². The van der Waals surface area contributed by atoms with Gasteiger partial charge in [-0.1, -0.05) is 0 Å². The summed E-state index contributed by atoms with van der Waals surface area (Å²) in [4.78, 5) is 68.8. The molecular formula is C27H54N6O7S2+2. The zero-order valence-electron chi connectivity index (χ0n) is 26.4. The van der Waals surface area contributed by atoms with Crippen LogP contribution in [0, 0.1) is 0 Å². The van der Waals surface area contributed by atoms with Gasteiger partial charge >= 0.3 is 0 Å². The molecule has 0 aromatic carbocycles. The molecule has 42 heavy (non-hydrogen) atoms. The van der Waals surface area contributed by atoms with Crippen LogP contribution in [0.15, 0.2) is 0 Å². The van der Waals surface area contributed by atoms with Crippen molar-refractivity contribution in [3.05, 3.63) is 0 Å². The summed E-state index contributed by atoms with van der Waals surface area (Å²) >= 11 is 8.12. The van der Waals surface area contributed by atoms with Crippen LogP contribution in [0.3, 0.4) is 0 Å². The molecule has 6 N–H and O–H groups in total. The fourth-order valence-electron chi connectivity index (χ4n) is 3.32. The molecule has 0 aliphatic rings. The Morgan fingerprint density at radius 2 is 1.24 bits per heavy atom. The van der Waals surface area contributed by atoms with Crippen molar-refractivity contribution in [1.29, 1.82) is 0 Å². The third kappa shape index (κ3) is 24.4. The molecule has 15 heteroatoms. The maximum atomic E-state index is 12.1. The van der Waals surface area contributed by atoms with Gasteiger partial charge in [0.05, 0.1) is 80.0 Å². The Morgan fingerprint density at radius 3 is 1.69 bits per heavy atom. The number of nitrogens with zero attached hydrogens (tertiary/aromatic N) is 2. The van der Waals surface area contributed by atoms with Crippen molar-refractivity contribution in [3.63, 3.8) is 0 Å². The first-order chi connectivity index (χ1) is 19.2. The molecule has 0 heterocycles. The fraction of sp³-hybridized carbons (Fsp3) is 0.778. The second-order valence-corrected chi connectivity index (χ2v) is 12.9. The van der Waals surface area contributed by atoms with Crippen molar-refractivity contribution in [3.8, 4) is 0 Å². The largest absolute Gasteiger partial charge is 0.544 e. The molecule has 0 aromatic rings. The number of hydrogen-bond acceptors (Lipinski definition) is 9. The lowest BCUT2D eigenvalue weighted by atomic mass is 10.1. The van der Waals surface area contributed by atoms with Gasteiger partial charge in [0.1, 0.15) is 6.04 Å². The van der Waals surface area contributed by atoms with Crippen molar-refractivity contribution < 1.29 is 48.6 Å². The molecule has 0 fully saturated rings. The molecule has 1 unspecified atom stereocenters. The first-order valence-corrected chi connectivity index (χ1v) is 15.2. The maximum Gasteiger partial charge on any atom is 0.220 e. The van der Waals surface area contributed by atoms with Crippen LogP contribution in [-0.4, -0.2) is 136 Å². The molecule has 0 spiro atoms. The highest BCUT2D eigenvalue weighted by atomic mass is 32.1. The summed E-state index contributed by atoms with van der Waals surface area (Å²) in [5.41, 5.74) is 3.36. The number of carboxylic acid groups (broad SMARTS) is 1. The van der Waals surface area contributed by atoms with Crippen LogP contribution in [0.1, 0.15) is 45.4 Å². The van der Waals surface area contributed by atoms with Crippen molar-refractivity contribution in [1.82, 2.24) is 16.0 Å². The average molecular weight is 639 g/mol. The van der Waals surface area contributed by atoms with E-state index in [2.05, 4.69) is 68.1 Å². The van der Waals surface area contributed by atoms with E-state index < -0.39 is 30.0 Å². The number of quaternary nitrogens is 3. The normalized spacial score (nSPS) is 13.5. The van der Waals surface area contributed by atoms with Crippen LogP contribution in [0.25, 0.3) is 0 Å². The molecule has 0 saturated carbocycles. The van der Waals surface area contributed by atoms with E-state index in [9.17, 15) is 33.9 Å². The monoisotopic (exact) mass is 638 g/mol. The van der Waals surface area contributed by atoms with Crippen LogP contribution in [-0.2, 0) is 28.8 Å². The summed E-state index contributed by atoms with van der Waals surface area (Å²) in [6.07, 6.45) is 1.33. The number of thiol groups is 2. The van der Waals surface area contributed by atoms with Gasteiger partial charge < -0.3 is 40.6 Å². The molecule has 0 aliphatic heterocycles. The average Bonchev–Trinajstić information content (AvgIpc) is 2.86. The van der Waals surface area contributed by atoms with Gasteiger partial charge in [0.15, 0.2) is 11.6 Å². The number of carbonyl (C=O) groups is 6. The summed E-state index contributed by atoms with van der Waals surface area (Å²) in [7, 11) is 12.3. The second-order valence-electron chi connectivity index (χ2n) is 12.2. The van der Waals surface area contributed by atoms with Gasteiger partial charge in [-0.25, -0.2) is 0 Å². The molecule has 0 radical (unpaired) electrons. The minimum absolute atomic E-state index is 0.00127. The Labute approximate surface area is 261 Å². The zero-order chi connectivity index (χ0) is 33.1. The van der Waals surface area contributed by atoms with Crippen LogP contribution >= 0.6 is 25.3 Å². The molecule has 244 valence electrons. The summed E-state index contributed by atoms with van der Waals surface area (Å²) in [5, 5.41) is 18.4. The number of nitrogens with one attached hydrogen (secondary N) is 3. The lowest BCUT2D eigenvalue weighted by Gasteiger charge is -2.24. The Kier molecular flexibility index (Phi) is 21.4. The first-order valence-electron chi connectivity index (χ1n) is 14.0. The Bertz CT molecular complexity index is 891. The lowest BCUT2D eigenvalue weighted by molar-refractivity contribution is -0.870. The Balaban J connectivity index is 0. The predicted molar refractivity (Wildman–Crippen MR) is 165 cm³/mol. The summed E-state index contributed by atoms with van der Waals surface area (Å²) < 4.78 is 1.57. The molecule has 0 aliphatic carbocycles. The van der Waals surface area contributed by atoms with Gasteiger partial charge in [0.2, 0.25) is 17.7 Å². The van der Waals surface area contributed by atoms with Gasteiger partial charge in [0.25, 0.3) is 0 Å². The van der Waals surface area contributed by atoms with Crippen LogP contribution in [0.5, 0.6) is 0 Å². The van der Waals surface area contributed by atoms with E-state index in [4.69, 9.17) is 0 Å². The summed E-state index contributed by atoms with van der Waals surface area (Å²) in [5.74, 6) is -1.94. The smallest absolute Gasteiger partial charge is 0.220 e. The van der Waals surface area contributed by atoms with Crippen molar-refractivity contribution in [2.24, 2.45) is 0 Å². The zero-order valence-corrected chi connectivity index (χ0v) is 28.2. The Morgan fingerprint density at radius 1 is 0.738 bits per heavy atom. The van der Waals surface area contributed by atoms with E-state index in [-0.39, 0.29) is 54.8 Å². The van der Waals surface area contributed by atoms with Gasteiger partial charge in [-0.2, -0.15) is 25.3 Å². The second kappa shape index (κ2) is 21.5. The topological polar surface area (TPSA) is 189 Å². The predicted octanol–water partition coefficient (Wildman–Crippen LogP) is -2.81. The highest BCUT2D eigenvalue weighted by molar-refractivity contribution is 7.80. The van der Waals surface area contributed by atoms with E-state index in [1.54, 1.807) is 0 Å². The number of Topliss-reactive ketones (excluding diaryl/α,β-unsaturated/α-hetero) is 2. The Hall–Kier alpha value is -2.20. The lowest BCUT2D eigenvalue weighted by Crippen LogP contribution is -2.68. The number of likely N-dealkylation sites (N-methyl/N-ethyl adjacent to an activating group) is 1. The molecule has 0 bridgehead atoms. The van der Waals surface area contributed by atoms with E-state index >= 15 is 0 Å². The number of rotatable bonds is 20. The molecule has 0 saturated heterocycles. The SMILES string of the molecule is CC(=O)NC(CS)C(=O)CCC[N+](C)(C)C.C[N+](C)(C)CCNC(=O)CCC(=O)[C@H](CS)NC(=O)CC[C@H]([NH3+])C(=O)[O-]. The standard InChI is InChI=1S/C16H30N4O5S.C11H22N2O2S/c1-20(2,3)9-8-18-14(22)7-5-13(21)12(10-26)19-15(23)6-4-11(17)16(24)25;1-9(14)12-10(8-16)11(15)6-5-7-13(2,3)4/h11-12H,4-10,17H2,1-3H3,(H3-,18,19,22,23,24,25,26);10H,5-8H2,1-4H3,(H-,12,14,16)/p+2/t11-,12-;/m0./s1. The van der Waals surface area contributed by atoms with E-state index in [1.165, 1.54) is 6.92 Å². The third-order valence-corrected chi connectivity index (χ3v) is 6.59. The first kappa shape index (κ1) is 41.9. The molecule has 3 atom stereocenters. The number of amides is 3. The molecular weight excluding hydrogens is 584 g/mol. The molecule has 13 nitrogen and oxygen atoms in total. The van der Waals surface area contributed by atoms with Crippen molar-refractivity contribution in [2.45, 2.75) is 63.6 Å². The number of ketones is 2. The number of hydrogen-bond donors (Lipinski definition) is 6.